The van der Waals surface area contributed by atoms with Gasteiger partial charge in [0, 0.05) is 32.6 Å². The number of methoxy groups -OCH3 is 1. The Balaban J connectivity index is 1.63. The number of carbonyl (C=O) groups excluding carboxylic acids is 1. The summed E-state index contributed by atoms with van der Waals surface area (Å²) in [6.07, 6.45) is -0.936. The Hall–Kier alpha value is -0.810. The normalized spacial score (nSPS) is 36.1. The molecule has 0 aromatic carbocycles. The number of ether oxygens (including phenoxy) is 3. The van der Waals surface area contributed by atoms with Gasteiger partial charge in [-0.1, -0.05) is 13.3 Å². The Bertz CT molecular complexity index is 477. The van der Waals surface area contributed by atoms with Crippen LogP contribution in [0.25, 0.3) is 0 Å². The number of hydrogen-bond acceptors (Lipinski definition) is 8. The van der Waals surface area contributed by atoms with Crippen molar-refractivity contribution < 1.29 is 39.4 Å². The zero-order chi connectivity index (χ0) is 20.7. The number of rotatable bonds is 10. The van der Waals surface area contributed by atoms with Crippen LogP contribution in [0.1, 0.15) is 39.0 Å². The third-order valence-electron chi connectivity index (χ3n) is 5.58. The van der Waals surface area contributed by atoms with Crippen molar-refractivity contribution in [2.75, 3.05) is 33.5 Å². The molecule has 0 aromatic rings. The predicted molar refractivity (Wildman–Crippen MR) is 99.3 cm³/mol. The van der Waals surface area contributed by atoms with E-state index >= 15 is 0 Å². The highest BCUT2D eigenvalue weighted by molar-refractivity contribution is 5.76. The topological polar surface area (TPSA) is 129 Å². The summed E-state index contributed by atoms with van der Waals surface area (Å²) in [6, 6.07) is -0.0537. The molecule has 4 N–H and O–H groups in total. The minimum Gasteiger partial charge on any atom is -0.394 e. The van der Waals surface area contributed by atoms with Crippen LogP contribution in [0.3, 0.4) is 0 Å². The van der Waals surface area contributed by atoms with E-state index in [1.807, 2.05) is 0 Å². The molecule has 2 heterocycles. The zero-order valence-corrected chi connectivity index (χ0v) is 16.8. The van der Waals surface area contributed by atoms with Crippen molar-refractivity contribution in [1.29, 1.82) is 0 Å². The molecular formula is C19H35NO8. The molecule has 0 spiro atoms. The largest absolute Gasteiger partial charge is 0.394 e. The van der Waals surface area contributed by atoms with Gasteiger partial charge in [0.05, 0.1) is 31.5 Å². The molecule has 9 nitrogen and oxygen atoms in total. The van der Waals surface area contributed by atoms with Gasteiger partial charge in [-0.2, -0.15) is 0 Å². The molecule has 2 fully saturated rings. The number of amides is 1. The van der Waals surface area contributed by atoms with Crippen LogP contribution in [-0.2, 0) is 19.0 Å². The number of aliphatic hydroxyl groups is 4. The van der Waals surface area contributed by atoms with Gasteiger partial charge in [-0.3, -0.25) is 4.79 Å². The molecule has 2 aliphatic rings. The second-order valence-corrected chi connectivity index (χ2v) is 7.79. The minimum absolute atomic E-state index is 0.0339. The molecule has 164 valence electrons. The molecule has 0 radical (unpaired) electrons. The molecule has 28 heavy (non-hydrogen) atoms. The zero-order valence-electron chi connectivity index (χ0n) is 16.8. The van der Waals surface area contributed by atoms with Gasteiger partial charge in [-0.25, -0.2) is 0 Å². The van der Waals surface area contributed by atoms with Crippen LogP contribution in [0.15, 0.2) is 0 Å². The summed E-state index contributed by atoms with van der Waals surface area (Å²) in [5.74, 6) is -0.370. The van der Waals surface area contributed by atoms with E-state index in [4.69, 9.17) is 14.2 Å². The summed E-state index contributed by atoms with van der Waals surface area (Å²) < 4.78 is 16.3. The van der Waals surface area contributed by atoms with Crippen molar-refractivity contribution in [3.63, 3.8) is 0 Å². The molecule has 2 rings (SSSR count). The van der Waals surface area contributed by atoms with Gasteiger partial charge in [-0.05, 0) is 19.3 Å². The maximum atomic E-state index is 12.4. The van der Waals surface area contributed by atoms with Crippen LogP contribution in [0.4, 0.5) is 0 Å². The van der Waals surface area contributed by atoms with Crippen LogP contribution in [0.2, 0.25) is 0 Å². The molecule has 2 unspecified atom stereocenters. The van der Waals surface area contributed by atoms with E-state index in [-0.39, 0.29) is 18.6 Å². The maximum Gasteiger partial charge on any atom is 0.222 e. The summed E-state index contributed by atoms with van der Waals surface area (Å²) in [5.41, 5.74) is 0. The third kappa shape index (κ3) is 6.09. The van der Waals surface area contributed by atoms with Crippen molar-refractivity contribution in [2.45, 2.75) is 75.8 Å². The van der Waals surface area contributed by atoms with Crippen LogP contribution in [0, 0.1) is 5.92 Å². The number of carbonyl (C=O) groups is 1. The van der Waals surface area contributed by atoms with Gasteiger partial charge in [0.2, 0.25) is 5.91 Å². The molecule has 0 saturated carbocycles. The fourth-order valence-electron chi connectivity index (χ4n) is 3.86. The molecule has 2 saturated heterocycles. The minimum atomic E-state index is -1.13. The summed E-state index contributed by atoms with van der Waals surface area (Å²) in [7, 11) is 1.59. The third-order valence-corrected chi connectivity index (χ3v) is 5.58. The van der Waals surface area contributed by atoms with Crippen LogP contribution in [-0.4, -0.2) is 101 Å². The van der Waals surface area contributed by atoms with Crippen molar-refractivity contribution in [2.24, 2.45) is 5.92 Å². The SMILES string of the molecule is COC[C@@H]1C[C@@H](O)CN1C(=O)CCCCCOC1OC(CO)[C@H](O)[C@H](O)[C@@H]1C. The monoisotopic (exact) mass is 405 g/mol. The van der Waals surface area contributed by atoms with Crippen molar-refractivity contribution >= 4 is 5.91 Å². The van der Waals surface area contributed by atoms with E-state index in [1.54, 1.807) is 18.9 Å². The van der Waals surface area contributed by atoms with Crippen molar-refractivity contribution in [3.05, 3.63) is 0 Å². The van der Waals surface area contributed by atoms with Gasteiger partial charge in [-0.15, -0.1) is 0 Å². The average molecular weight is 405 g/mol. The lowest BCUT2D eigenvalue weighted by atomic mass is 9.92. The fraction of sp³-hybridized carbons (Fsp3) is 0.947. The van der Waals surface area contributed by atoms with E-state index in [1.165, 1.54) is 0 Å². The lowest BCUT2D eigenvalue weighted by molar-refractivity contribution is -0.282. The Labute approximate surface area is 166 Å². The first kappa shape index (κ1) is 23.5. The molecule has 7 atom stereocenters. The first-order chi connectivity index (χ1) is 13.4. The van der Waals surface area contributed by atoms with Crippen LogP contribution in [0.5, 0.6) is 0 Å². The standard InChI is InChI=1S/C19H35NO8/c1-12-17(24)18(25)15(10-21)28-19(12)27-7-5-3-4-6-16(23)20-9-14(22)8-13(20)11-26-2/h12-15,17-19,21-22,24-25H,3-11H2,1-2H3/t12-,13-,14+,15?,17+,18-,19?/m0/s1. The highest BCUT2D eigenvalue weighted by Crippen LogP contribution is 2.27. The molecule has 1 amide bonds. The Morgan fingerprint density at radius 2 is 1.93 bits per heavy atom. The Morgan fingerprint density at radius 1 is 1.18 bits per heavy atom. The van der Waals surface area contributed by atoms with E-state index in [9.17, 15) is 25.2 Å². The predicted octanol–water partition coefficient (Wildman–Crippen LogP) is -0.753. The van der Waals surface area contributed by atoms with Gasteiger partial charge >= 0.3 is 0 Å². The fourth-order valence-corrected chi connectivity index (χ4v) is 3.86. The lowest BCUT2D eigenvalue weighted by Gasteiger charge is -2.40. The van der Waals surface area contributed by atoms with Crippen LogP contribution >= 0.6 is 0 Å². The first-order valence-corrected chi connectivity index (χ1v) is 10.1. The lowest BCUT2D eigenvalue weighted by Crippen LogP contribution is -2.55. The Kier molecular flexibility index (Phi) is 9.55. The summed E-state index contributed by atoms with van der Waals surface area (Å²) in [5, 5.41) is 38.8. The highest BCUT2D eigenvalue weighted by atomic mass is 16.7. The molecular weight excluding hydrogens is 370 g/mol. The van der Waals surface area contributed by atoms with Crippen LogP contribution < -0.4 is 0 Å². The smallest absolute Gasteiger partial charge is 0.222 e. The van der Waals surface area contributed by atoms with Gasteiger partial charge in [0.1, 0.15) is 12.2 Å². The molecule has 0 bridgehead atoms. The van der Waals surface area contributed by atoms with Gasteiger partial charge in [0.25, 0.3) is 0 Å². The molecule has 9 heteroatoms. The quantitative estimate of drug-likeness (QED) is 0.349. The van der Waals surface area contributed by atoms with E-state index in [2.05, 4.69) is 0 Å². The van der Waals surface area contributed by atoms with E-state index in [0.29, 0.717) is 32.6 Å². The molecule has 0 aromatic heterocycles. The second kappa shape index (κ2) is 11.4. The average Bonchev–Trinajstić information content (AvgIpc) is 3.04. The number of hydrogen-bond donors (Lipinski definition) is 4. The first-order valence-electron chi connectivity index (χ1n) is 10.1. The van der Waals surface area contributed by atoms with E-state index in [0.717, 1.165) is 19.3 Å². The molecule has 0 aliphatic carbocycles. The van der Waals surface area contributed by atoms with Crippen molar-refractivity contribution in [3.8, 4) is 0 Å². The van der Waals surface area contributed by atoms with E-state index < -0.39 is 36.6 Å². The Morgan fingerprint density at radius 3 is 2.61 bits per heavy atom. The maximum absolute atomic E-state index is 12.4. The number of β-amino-alcohol motifs (C(OH)–C–C–N with tert-alkyl or cyclic N) is 1. The van der Waals surface area contributed by atoms with Gasteiger partial charge < -0.3 is 39.5 Å². The summed E-state index contributed by atoms with van der Waals surface area (Å²) >= 11 is 0. The highest BCUT2D eigenvalue weighted by Gasteiger charge is 2.42. The summed E-state index contributed by atoms with van der Waals surface area (Å²) in [4.78, 5) is 14.1. The number of nitrogens with zero attached hydrogens (tertiary/aromatic N) is 1. The second-order valence-electron chi connectivity index (χ2n) is 7.79. The number of aliphatic hydroxyl groups excluding tert-OH is 4. The van der Waals surface area contributed by atoms with Gasteiger partial charge in [0.15, 0.2) is 6.29 Å². The number of likely N-dealkylation sites (tertiary alicyclic amines) is 1. The summed E-state index contributed by atoms with van der Waals surface area (Å²) in [6.45, 7) is 2.55. The van der Waals surface area contributed by atoms with Crippen molar-refractivity contribution in [1.82, 2.24) is 4.90 Å². The number of unbranched alkanes of at least 4 members (excludes halogenated alkanes) is 2. The molecule has 2 aliphatic heterocycles.